The summed E-state index contributed by atoms with van der Waals surface area (Å²) in [5.41, 5.74) is 2.23. The third-order valence-corrected chi connectivity index (χ3v) is 4.29. The Morgan fingerprint density at radius 3 is 2.88 bits per heavy atom. The van der Waals surface area contributed by atoms with E-state index in [2.05, 4.69) is 34.9 Å². The zero-order valence-corrected chi connectivity index (χ0v) is 11.8. The van der Waals surface area contributed by atoms with Gasteiger partial charge in [-0.15, -0.1) is 11.6 Å². The van der Waals surface area contributed by atoms with E-state index in [4.69, 9.17) is 11.6 Å². The van der Waals surface area contributed by atoms with E-state index in [1.165, 1.54) is 5.52 Å². The third kappa shape index (κ3) is 2.78. The van der Waals surface area contributed by atoms with E-state index in [0.29, 0.717) is 11.1 Å². The summed E-state index contributed by atoms with van der Waals surface area (Å²) >= 11 is 7.86. The lowest BCUT2D eigenvalue weighted by atomic mass is 10.3. The highest BCUT2D eigenvalue weighted by molar-refractivity contribution is 7.99. The van der Waals surface area contributed by atoms with Gasteiger partial charge < -0.3 is 4.57 Å². The number of alkyl halides is 1. The van der Waals surface area contributed by atoms with Crippen molar-refractivity contribution in [2.45, 2.75) is 31.0 Å². The molecule has 0 aliphatic heterocycles. The maximum atomic E-state index is 5.96. The van der Waals surface area contributed by atoms with Gasteiger partial charge in [-0.2, -0.15) is 11.8 Å². The molecule has 2 nitrogen and oxygen atoms in total. The fourth-order valence-corrected chi connectivity index (χ4v) is 2.45. The quantitative estimate of drug-likeness (QED) is 0.765. The summed E-state index contributed by atoms with van der Waals surface area (Å²) in [6.07, 6.45) is 3.30. The number of hydrogen-bond acceptors (Lipinski definition) is 2. The van der Waals surface area contributed by atoms with E-state index >= 15 is 0 Å². The second-order valence-corrected chi connectivity index (χ2v) is 5.68. The molecule has 1 heterocycles. The van der Waals surface area contributed by atoms with Crippen LogP contribution in [0.5, 0.6) is 0 Å². The number of imidazole rings is 1. The molecule has 0 N–H and O–H groups in total. The van der Waals surface area contributed by atoms with Gasteiger partial charge in [0.25, 0.3) is 0 Å². The number of hydrogen-bond donors (Lipinski definition) is 0. The van der Waals surface area contributed by atoms with E-state index < -0.39 is 0 Å². The first-order valence-electron chi connectivity index (χ1n) is 5.79. The Hall–Kier alpha value is -0.670. The van der Waals surface area contributed by atoms with Crippen LogP contribution in [-0.2, 0) is 12.4 Å². The summed E-state index contributed by atoms with van der Waals surface area (Å²) in [6, 6.07) is 8.22. The van der Waals surface area contributed by atoms with Crippen LogP contribution in [0, 0.1) is 0 Å². The Morgan fingerprint density at radius 2 is 2.18 bits per heavy atom. The molecule has 0 spiro atoms. The highest BCUT2D eigenvalue weighted by Crippen LogP contribution is 2.19. The van der Waals surface area contributed by atoms with Gasteiger partial charge in [0.1, 0.15) is 5.82 Å². The molecule has 0 bridgehead atoms. The molecule has 0 aliphatic carbocycles. The minimum Gasteiger partial charge on any atom is -0.327 e. The zero-order valence-electron chi connectivity index (χ0n) is 10.2. The van der Waals surface area contributed by atoms with Crippen LogP contribution in [-0.4, -0.2) is 21.1 Å². The maximum Gasteiger partial charge on any atom is 0.124 e. The number of thioether (sulfide) groups is 1. The van der Waals surface area contributed by atoms with Crippen LogP contribution in [0.2, 0.25) is 0 Å². The lowest BCUT2D eigenvalue weighted by molar-refractivity contribution is 0.636. The topological polar surface area (TPSA) is 17.8 Å². The first-order chi connectivity index (χ1) is 8.26. The van der Waals surface area contributed by atoms with Crippen molar-refractivity contribution in [2.24, 2.45) is 0 Å². The molecule has 2 rings (SSSR count). The molecule has 17 heavy (non-hydrogen) atoms. The van der Waals surface area contributed by atoms with Crippen molar-refractivity contribution in [2.75, 3.05) is 6.26 Å². The molecular weight excluding hydrogens is 252 g/mol. The highest BCUT2D eigenvalue weighted by Gasteiger charge is 2.10. The number of fused-ring (bicyclic) bond motifs is 1. The monoisotopic (exact) mass is 268 g/mol. The van der Waals surface area contributed by atoms with Gasteiger partial charge in [-0.1, -0.05) is 19.1 Å². The Bertz CT molecular complexity index is 495. The van der Waals surface area contributed by atoms with Crippen molar-refractivity contribution in [1.82, 2.24) is 9.55 Å². The van der Waals surface area contributed by atoms with Crippen molar-refractivity contribution in [3.05, 3.63) is 30.1 Å². The number of benzene rings is 1. The summed E-state index contributed by atoms with van der Waals surface area (Å²) in [5.74, 6) is 1.45. The van der Waals surface area contributed by atoms with E-state index in [0.717, 1.165) is 24.3 Å². The molecule has 1 aromatic heterocycles. The van der Waals surface area contributed by atoms with E-state index in [1.807, 2.05) is 23.9 Å². The second kappa shape index (κ2) is 5.78. The molecule has 0 radical (unpaired) electrons. The highest BCUT2D eigenvalue weighted by atomic mass is 35.5. The smallest absolute Gasteiger partial charge is 0.124 e. The summed E-state index contributed by atoms with van der Waals surface area (Å²) < 4.78 is 2.25. The molecule has 0 amide bonds. The Labute approximate surface area is 111 Å². The Kier molecular flexibility index (Phi) is 4.35. The van der Waals surface area contributed by atoms with Gasteiger partial charge >= 0.3 is 0 Å². The van der Waals surface area contributed by atoms with E-state index in [-0.39, 0.29) is 0 Å². The van der Waals surface area contributed by atoms with Crippen LogP contribution in [0.4, 0.5) is 0 Å². The number of rotatable bonds is 5. The van der Waals surface area contributed by atoms with Crippen molar-refractivity contribution in [1.29, 1.82) is 0 Å². The molecule has 92 valence electrons. The summed E-state index contributed by atoms with van der Waals surface area (Å²) in [7, 11) is 0. The molecule has 1 atom stereocenters. The van der Waals surface area contributed by atoms with Crippen molar-refractivity contribution >= 4 is 34.4 Å². The molecule has 0 saturated heterocycles. The first kappa shape index (κ1) is 12.8. The summed E-state index contributed by atoms with van der Waals surface area (Å²) in [5, 5.41) is 0.666. The van der Waals surface area contributed by atoms with Gasteiger partial charge in [0.05, 0.1) is 16.9 Å². The fraction of sp³-hybridized carbons (Fsp3) is 0.462. The van der Waals surface area contributed by atoms with Crippen molar-refractivity contribution < 1.29 is 0 Å². The van der Waals surface area contributed by atoms with E-state index in [9.17, 15) is 0 Å². The predicted octanol–water partition coefficient (Wildman–Crippen LogP) is 3.92. The minimum atomic E-state index is 0.475. The number of aryl methyl sites for hydroxylation is 1. The molecule has 2 aromatic rings. The zero-order chi connectivity index (χ0) is 12.3. The largest absolute Gasteiger partial charge is 0.327 e. The molecule has 0 saturated carbocycles. The molecule has 1 unspecified atom stereocenters. The number of nitrogens with zero attached hydrogens (tertiary/aromatic N) is 2. The molecule has 1 aromatic carbocycles. The average Bonchev–Trinajstić information content (AvgIpc) is 2.73. The van der Waals surface area contributed by atoms with Crippen LogP contribution < -0.4 is 0 Å². The van der Waals surface area contributed by atoms with Crippen LogP contribution in [0.1, 0.15) is 19.2 Å². The van der Waals surface area contributed by atoms with Gasteiger partial charge in [-0.05, 0) is 24.8 Å². The lowest BCUT2D eigenvalue weighted by Gasteiger charge is -2.11. The molecular formula is C13H17ClN2S. The summed E-state index contributed by atoms with van der Waals surface area (Å²) in [4.78, 5) is 4.56. The van der Waals surface area contributed by atoms with Gasteiger partial charge in [-0.25, -0.2) is 4.98 Å². The second-order valence-electron chi connectivity index (χ2n) is 4.14. The molecule has 0 aliphatic rings. The normalized spacial score (nSPS) is 13.1. The third-order valence-electron chi connectivity index (χ3n) is 3.01. The number of para-hydroxylation sites is 2. The average molecular weight is 269 g/mol. The molecule has 0 fully saturated rings. The predicted molar refractivity (Wildman–Crippen MR) is 76.9 cm³/mol. The minimum absolute atomic E-state index is 0.475. The SMILES string of the molecule is CSC(C)CCn1c(CCl)nc2ccccc21. The van der Waals surface area contributed by atoms with Gasteiger partial charge in [-0.3, -0.25) is 0 Å². The van der Waals surface area contributed by atoms with Crippen LogP contribution >= 0.6 is 23.4 Å². The lowest BCUT2D eigenvalue weighted by Crippen LogP contribution is -2.07. The maximum absolute atomic E-state index is 5.96. The van der Waals surface area contributed by atoms with Gasteiger partial charge in [0, 0.05) is 11.8 Å². The molecule has 4 heteroatoms. The standard InChI is InChI=1S/C13H17ClN2S/c1-10(17-2)7-8-16-12-6-4-3-5-11(12)15-13(16)9-14/h3-6,10H,7-9H2,1-2H3. The van der Waals surface area contributed by atoms with Gasteiger partial charge in [0.2, 0.25) is 0 Å². The van der Waals surface area contributed by atoms with E-state index in [1.54, 1.807) is 0 Å². The fourth-order valence-electron chi connectivity index (χ4n) is 1.91. The Balaban J connectivity index is 2.30. The number of halogens is 1. The van der Waals surface area contributed by atoms with Crippen LogP contribution in [0.3, 0.4) is 0 Å². The number of aromatic nitrogens is 2. The Morgan fingerprint density at radius 1 is 1.41 bits per heavy atom. The van der Waals surface area contributed by atoms with Crippen molar-refractivity contribution in [3.63, 3.8) is 0 Å². The van der Waals surface area contributed by atoms with Crippen LogP contribution in [0.15, 0.2) is 24.3 Å². The van der Waals surface area contributed by atoms with Crippen LogP contribution in [0.25, 0.3) is 11.0 Å². The van der Waals surface area contributed by atoms with Crippen molar-refractivity contribution in [3.8, 4) is 0 Å². The van der Waals surface area contributed by atoms with Gasteiger partial charge in [0.15, 0.2) is 0 Å². The summed E-state index contributed by atoms with van der Waals surface area (Å²) in [6.45, 7) is 3.24. The first-order valence-corrected chi connectivity index (χ1v) is 7.61.